The van der Waals surface area contributed by atoms with E-state index in [4.69, 9.17) is 16.6 Å². The van der Waals surface area contributed by atoms with Crippen molar-refractivity contribution in [3.63, 3.8) is 0 Å². The van der Waals surface area contributed by atoms with E-state index in [0.717, 1.165) is 0 Å². The van der Waals surface area contributed by atoms with Crippen molar-refractivity contribution in [2.45, 2.75) is 45.3 Å². The Bertz CT molecular complexity index is 1570. The zero-order chi connectivity index (χ0) is 29.4. The minimum Gasteiger partial charge on any atom is -0.392 e. The molecule has 2 aromatic heterocycles. The molecule has 1 fully saturated rings. The molecular formula is C31H31ClFN5O3. The molecule has 4 heterocycles. The molecule has 0 spiro atoms. The van der Waals surface area contributed by atoms with Crippen molar-refractivity contribution in [1.29, 1.82) is 0 Å². The molecule has 0 saturated carbocycles. The molecule has 0 aliphatic carbocycles. The number of hydrogen-bond acceptors (Lipinski definition) is 6. The summed E-state index contributed by atoms with van der Waals surface area (Å²) in [7, 11) is 0. The van der Waals surface area contributed by atoms with Gasteiger partial charge in [0.2, 0.25) is 5.91 Å². The first-order chi connectivity index (χ1) is 19.7. The number of aromatic nitrogens is 2. The summed E-state index contributed by atoms with van der Waals surface area (Å²) in [5, 5.41) is 10.5. The van der Waals surface area contributed by atoms with Crippen LogP contribution >= 0.6 is 11.6 Å². The van der Waals surface area contributed by atoms with Gasteiger partial charge in [0.15, 0.2) is 0 Å². The smallest absolute Gasteiger partial charge is 0.261 e. The lowest BCUT2D eigenvalue weighted by molar-refractivity contribution is -0.128. The maximum atomic E-state index is 14.9. The predicted molar refractivity (Wildman–Crippen MR) is 155 cm³/mol. The number of halogens is 2. The molecule has 0 bridgehead atoms. The van der Waals surface area contributed by atoms with Crippen LogP contribution in [0.25, 0.3) is 11.3 Å². The predicted octanol–water partition coefficient (Wildman–Crippen LogP) is 4.69. The summed E-state index contributed by atoms with van der Waals surface area (Å²) in [4.78, 5) is 44.0. The highest BCUT2D eigenvalue weighted by Gasteiger charge is 2.40. The number of carbonyl (C=O) groups is 2. The first kappa shape index (κ1) is 28.6. The molecule has 5 rings (SSSR count). The van der Waals surface area contributed by atoms with Crippen molar-refractivity contribution in [2.24, 2.45) is 4.99 Å². The van der Waals surface area contributed by atoms with E-state index in [1.165, 1.54) is 12.1 Å². The number of aliphatic hydroxyl groups excluding tert-OH is 1. The minimum absolute atomic E-state index is 0.0630. The van der Waals surface area contributed by atoms with Crippen molar-refractivity contribution in [2.75, 3.05) is 19.6 Å². The zero-order valence-electron chi connectivity index (χ0n) is 23.1. The van der Waals surface area contributed by atoms with Gasteiger partial charge in [-0.25, -0.2) is 9.37 Å². The third-order valence-electron chi connectivity index (χ3n) is 7.61. The van der Waals surface area contributed by atoms with Crippen LogP contribution in [-0.2, 0) is 16.2 Å². The molecule has 2 aliphatic rings. The van der Waals surface area contributed by atoms with E-state index in [1.54, 1.807) is 41.4 Å². The highest BCUT2D eigenvalue weighted by molar-refractivity contribution is 6.33. The first-order valence-corrected chi connectivity index (χ1v) is 13.9. The molecule has 2 atom stereocenters. The number of fused-ring (bicyclic) bond motifs is 1. The van der Waals surface area contributed by atoms with Crippen molar-refractivity contribution in [1.82, 2.24) is 19.8 Å². The first-order valence-electron chi connectivity index (χ1n) is 13.5. The molecule has 10 heteroatoms. The lowest BCUT2D eigenvalue weighted by Gasteiger charge is -2.42. The maximum absolute atomic E-state index is 14.9. The second-order valence-corrected chi connectivity index (χ2v) is 11.0. The fourth-order valence-corrected chi connectivity index (χ4v) is 5.89. The largest absolute Gasteiger partial charge is 0.392 e. The summed E-state index contributed by atoms with van der Waals surface area (Å²) < 4.78 is 14.9. The highest BCUT2D eigenvalue weighted by Crippen LogP contribution is 2.41. The average molecular weight is 576 g/mol. The van der Waals surface area contributed by atoms with E-state index in [0.29, 0.717) is 53.5 Å². The van der Waals surface area contributed by atoms with Crippen LogP contribution in [0.4, 0.5) is 4.39 Å². The number of aliphatic hydroxyl groups is 1. The highest BCUT2D eigenvalue weighted by atomic mass is 35.5. The molecule has 3 aromatic rings. The summed E-state index contributed by atoms with van der Waals surface area (Å²) in [5.41, 5.74) is 3.05. The lowest BCUT2D eigenvalue weighted by atomic mass is 9.82. The van der Waals surface area contributed by atoms with Crippen LogP contribution in [0, 0.1) is 5.82 Å². The number of aliphatic imine (C=N–C) groups is 1. The van der Waals surface area contributed by atoms with Gasteiger partial charge in [-0.2, -0.15) is 4.99 Å². The number of benzene rings is 1. The Hall–Kier alpha value is -3.95. The zero-order valence-corrected chi connectivity index (χ0v) is 23.9. The van der Waals surface area contributed by atoms with E-state index in [-0.39, 0.29) is 40.8 Å². The van der Waals surface area contributed by atoms with Crippen LogP contribution in [0.3, 0.4) is 0 Å². The number of nitrogens with zero attached hydrogens (tertiary/aromatic N) is 5. The molecular weight excluding hydrogens is 545 g/mol. The third kappa shape index (κ3) is 5.15. The Kier molecular flexibility index (Phi) is 8.02. The van der Waals surface area contributed by atoms with Crippen LogP contribution in [0.15, 0.2) is 60.2 Å². The van der Waals surface area contributed by atoms with E-state index in [2.05, 4.69) is 16.6 Å². The fraction of sp³-hybridized carbons (Fsp3) is 0.323. The third-order valence-corrected chi connectivity index (χ3v) is 7.90. The number of hydrogen-bond donors (Lipinski definition) is 1. The molecule has 2 amide bonds. The second kappa shape index (κ2) is 11.5. The van der Waals surface area contributed by atoms with E-state index < -0.39 is 17.6 Å². The lowest BCUT2D eigenvalue weighted by Crippen LogP contribution is -2.56. The normalized spacial score (nSPS) is 18.8. The van der Waals surface area contributed by atoms with Crippen molar-refractivity contribution in [3.8, 4) is 11.3 Å². The van der Waals surface area contributed by atoms with Crippen molar-refractivity contribution < 1.29 is 19.1 Å². The van der Waals surface area contributed by atoms with Gasteiger partial charge in [-0.1, -0.05) is 44.2 Å². The Morgan fingerprint density at radius 2 is 2.00 bits per heavy atom. The summed E-state index contributed by atoms with van der Waals surface area (Å²) in [6, 6.07) is 9.38. The number of pyridine rings is 2. The number of amides is 2. The number of carbonyl (C=O) groups excluding carboxylic acids is 2. The molecule has 8 nitrogen and oxygen atoms in total. The molecule has 1 aromatic carbocycles. The number of rotatable bonds is 5. The van der Waals surface area contributed by atoms with Gasteiger partial charge >= 0.3 is 0 Å². The van der Waals surface area contributed by atoms with Gasteiger partial charge in [0.25, 0.3) is 5.91 Å². The molecule has 0 radical (unpaired) electrons. The molecule has 41 heavy (non-hydrogen) atoms. The quantitative estimate of drug-likeness (QED) is 0.443. The van der Waals surface area contributed by atoms with E-state index >= 15 is 0 Å². The molecule has 212 valence electrons. The van der Waals surface area contributed by atoms with Gasteiger partial charge in [-0.15, -0.1) is 0 Å². The van der Waals surface area contributed by atoms with E-state index in [1.807, 2.05) is 25.7 Å². The monoisotopic (exact) mass is 575 g/mol. The van der Waals surface area contributed by atoms with Crippen molar-refractivity contribution >= 4 is 29.3 Å². The van der Waals surface area contributed by atoms with Crippen LogP contribution in [0.1, 0.15) is 60.7 Å². The molecule has 2 aliphatic heterocycles. The summed E-state index contributed by atoms with van der Waals surface area (Å²) in [6.07, 6.45) is 2.90. The maximum Gasteiger partial charge on any atom is 0.261 e. The van der Waals surface area contributed by atoms with Crippen LogP contribution in [0.2, 0.25) is 5.02 Å². The summed E-state index contributed by atoms with van der Waals surface area (Å²) in [5.74, 6) is -1.77. The van der Waals surface area contributed by atoms with Gasteiger partial charge in [0.1, 0.15) is 17.6 Å². The van der Waals surface area contributed by atoms with Gasteiger partial charge < -0.3 is 14.9 Å². The van der Waals surface area contributed by atoms with Gasteiger partial charge in [0, 0.05) is 48.7 Å². The van der Waals surface area contributed by atoms with Crippen LogP contribution < -0.4 is 0 Å². The molecule has 1 N–H and O–H groups in total. The van der Waals surface area contributed by atoms with E-state index in [9.17, 15) is 19.1 Å². The Morgan fingerprint density at radius 3 is 2.66 bits per heavy atom. The summed E-state index contributed by atoms with van der Waals surface area (Å²) >= 11 is 6.76. The fourth-order valence-electron chi connectivity index (χ4n) is 5.63. The van der Waals surface area contributed by atoms with Gasteiger partial charge in [0.05, 0.1) is 23.0 Å². The number of amidine groups is 1. The van der Waals surface area contributed by atoms with Crippen molar-refractivity contribution in [3.05, 3.63) is 94.2 Å². The summed E-state index contributed by atoms with van der Waals surface area (Å²) in [6.45, 7) is 10.4. The number of piperazine rings is 1. The topological polar surface area (TPSA) is 99.0 Å². The minimum atomic E-state index is -0.983. The molecule has 1 unspecified atom stereocenters. The second-order valence-electron chi connectivity index (χ2n) is 10.6. The Labute approximate surface area is 243 Å². The average Bonchev–Trinajstić information content (AvgIpc) is 2.96. The standard InChI is InChI=1S/C31H31ClFN5O3/c1-5-24(40)37-12-13-38(18(4)15-37)30-21-14-22(32)28(20-8-6-7-9-23(20)33)35-29(21)26(31(41)36-30)25-19(16-39)10-11-34-27(25)17(2)3/h5-11,14,17-18,26,39H,1,12-13,15-16H2,2-4H3/t18-,26?/m0/s1. The van der Waals surface area contributed by atoms with Crippen LogP contribution in [-0.4, -0.2) is 68.2 Å². The molecule has 1 saturated heterocycles. The van der Waals surface area contributed by atoms with Crippen LogP contribution in [0.5, 0.6) is 0 Å². The Morgan fingerprint density at radius 1 is 1.24 bits per heavy atom. The SMILES string of the molecule is C=CC(=O)N1CCN(C2=NC(=O)C(c3c(CO)ccnc3C(C)C)c3nc(-c4ccccc4F)c(Cl)cc32)[C@@H](C)C1. The van der Waals surface area contributed by atoms with Gasteiger partial charge in [-0.05, 0) is 54.3 Å². The Balaban J connectivity index is 1.72. The van der Waals surface area contributed by atoms with Gasteiger partial charge in [-0.3, -0.25) is 14.6 Å².